The van der Waals surface area contributed by atoms with E-state index in [2.05, 4.69) is 0 Å². The maximum absolute atomic E-state index is 11.4. The number of aliphatic hydroxyl groups excluding tert-OH is 1. The third kappa shape index (κ3) is 3.50. The molecule has 0 radical (unpaired) electrons. The van der Waals surface area contributed by atoms with Crippen LogP contribution in [-0.4, -0.2) is 23.8 Å². The van der Waals surface area contributed by atoms with Crippen LogP contribution in [0.1, 0.15) is 33.6 Å². The molecular weight excluding hydrogens is 180 g/mol. The fraction of sp³-hybridized carbons (Fsp3) is 0.727. The van der Waals surface area contributed by atoms with Gasteiger partial charge in [-0.25, -0.2) is 4.79 Å². The minimum atomic E-state index is -0.466. The Morgan fingerprint density at radius 1 is 1.64 bits per heavy atom. The van der Waals surface area contributed by atoms with Gasteiger partial charge in [0.2, 0.25) is 0 Å². The predicted molar refractivity (Wildman–Crippen MR) is 53.7 cm³/mol. The lowest BCUT2D eigenvalue weighted by atomic mass is 9.99. The van der Waals surface area contributed by atoms with Gasteiger partial charge in [0.1, 0.15) is 0 Å². The highest BCUT2D eigenvalue weighted by molar-refractivity contribution is 5.89. The molecule has 0 aromatic carbocycles. The second kappa shape index (κ2) is 4.13. The molecule has 1 rings (SSSR count). The highest BCUT2D eigenvalue weighted by Crippen LogP contribution is 2.21. The summed E-state index contributed by atoms with van der Waals surface area (Å²) >= 11 is 0. The summed E-state index contributed by atoms with van der Waals surface area (Å²) < 4.78 is 5.12. The van der Waals surface area contributed by atoms with Gasteiger partial charge in [0.15, 0.2) is 0 Å². The molecule has 0 heterocycles. The molecule has 14 heavy (non-hydrogen) atoms. The Bertz CT molecular complexity index is 248. The normalized spacial score (nSPS) is 22.0. The van der Waals surface area contributed by atoms with Gasteiger partial charge in [-0.15, -0.1) is 0 Å². The van der Waals surface area contributed by atoms with Crippen LogP contribution in [0, 0.1) is 5.41 Å². The van der Waals surface area contributed by atoms with E-state index in [9.17, 15) is 9.90 Å². The van der Waals surface area contributed by atoms with Crippen molar-refractivity contribution >= 4 is 5.97 Å². The first-order valence-corrected chi connectivity index (χ1v) is 4.94. The monoisotopic (exact) mass is 198 g/mol. The number of carbonyl (C=O) groups excluding carboxylic acids is 1. The summed E-state index contributed by atoms with van der Waals surface area (Å²) in [6, 6.07) is 0. The van der Waals surface area contributed by atoms with Crippen molar-refractivity contribution in [1.29, 1.82) is 0 Å². The number of ether oxygens (including phenoxy) is 1. The molecule has 0 aliphatic heterocycles. The Labute approximate surface area is 84.8 Å². The summed E-state index contributed by atoms with van der Waals surface area (Å²) in [5.74, 6) is -0.281. The smallest absolute Gasteiger partial charge is 0.333 e. The average molecular weight is 198 g/mol. The van der Waals surface area contributed by atoms with Crippen molar-refractivity contribution in [3.63, 3.8) is 0 Å². The van der Waals surface area contributed by atoms with Crippen molar-refractivity contribution in [2.24, 2.45) is 5.41 Å². The number of esters is 1. The molecule has 0 aromatic heterocycles. The van der Waals surface area contributed by atoms with Gasteiger partial charge in [0.05, 0.1) is 12.7 Å². The van der Waals surface area contributed by atoms with E-state index in [1.54, 1.807) is 6.08 Å². The van der Waals surface area contributed by atoms with Crippen molar-refractivity contribution < 1.29 is 14.6 Å². The van der Waals surface area contributed by atoms with Gasteiger partial charge in [-0.1, -0.05) is 20.8 Å². The van der Waals surface area contributed by atoms with Crippen molar-refractivity contribution in [2.45, 2.75) is 39.7 Å². The first-order chi connectivity index (χ1) is 6.38. The molecule has 3 heteroatoms. The highest BCUT2D eigenvalue weighted by Gasteiger charge is 2.21. The van der Waals surface area contributed by atoms with E-state index in [0.717, 1.165) is 0 Å². The van der Waals surface area contributed by atoms with Crippen LogP contribution in [0.3, 0.4) is 0 Å². The van der Waals surface area contributed by atoms with Gasteiger partial charge >= 0.3 is 5.97 Å². The van der Waals surface area contributed by atoms with Gasteiger partial charge in [-0.05, 0) is 24.3 Å². The molecule has 0 aromatic rings. The molecule has 0 fully saturated rings. The van der Waals surface area contributed by atoms with E-state index in [-0.39, 0.29) is 11.4 Å². The molecular formula is C11H18O3. The minimum absolute atomic E-state index is 0.00651. The Hall–Kier alpha value is -0.830. The third-order valence-electron chi connectivity index (χ3n) is 2.00. The van der Waals surface area contributed by atoms with Gasteiger partial charge in [0.25, 0.3) is 0 Å². The maximum atomic E-state index is 11.4. The van der Waals surface area contributed by atoms with Crippen molar-refractivity contribution in [2.75, 3.05) is 6.61 Å². The van der Waals surface area contributed by atoms with Gasteiger partial charge in [0, 0.05) is 5.57 Å². The summed E-state index contributed by atoms with van der Waals surface area (Å²) in [7, 11) is 0. The zero-order chi connectivity index (χ0) is 10.8. The summed E-state index contributed by atoms with van der Waals surface area (Å²) in [6.45, 7) is 6.45. The fourth-order valence-electron chi connectivity index (χ4n) is 1.25. The van der Waals surface area contributed by atoms with Crippen LogP contribution in [0.2, 0.25) is 0 Å². The molecule has 3 nitrogen and oxygen atoms in total. The molecule has 1 aliphatic carbocycles. The van der Waals surface area contributed by atoms with E-state index < -0.39 is 6.10 Å². The number of carbonyl (C=O) groups is 1. The predicted octanol–water partition coefficient (Wildman–Crippen LogP) is 1.66. The molecule has 0 spiro atoms. The van der Waals surface area contributed by atoms with E-state index in [4.69, 9.17) is 4.74 Å². The Kier molecular flexibility index (Phi) is 3.32. The second-order valence-corrected chi connectivity index (χ2v) is 4.93. The average Bonchev–Trinajstić information content (AvgIpc) is 2.46. The number of rotatable bonds is 2. The minimum Gasteiger partial charge on any atom is -0.462 e. The van der Waals surface area contributed by atoms with Crippen LogP contribution in [0.25, 0.3) is 0 Å². The topological polar surface area (TPSA) is 46.5 Å². The van der Waals surface area contributed by atoms with Crippen LogP contribution >= 0.6 is 0 Å². The Morgan fingerprint density at radius 3 is 2.71 bits per heavy atom. The lowest BCUT2D eigenvalue weighted by molar-refractivity contribution is -0.141. The van der Waals surface area contributed by atoms with Crippen molar-refractivity contribution in [1.82, 2.24) is 0 Å². The first kappa shape index (κ1) is 11.2. The van der Waals surface area contributed by atoms with E-state index in [1.807, 2.05) is 20.8 Å². The number of hydrogen-bond acceptors (Lipinski definition) is 3. The maximum Gasteiger partial charge on any atom is 0.333 e. The highest BCUT2D eigenvalue weighted by atomic mass is 16.5. The fourth-order valence-corrected chi connectivity index (χ4v) is 1.25. The molecule has 1 N–H and O–H groups in total. The quantitative estimate of drug-likeness (QED) is 0.686. The van der Waals surface area contributed by atoms with Crippen LogP contribution in [-0.2, 0) is 9.53 Å². The Morgan fingerprint density at radius 2 is 2.29 bits per heavy atom. The Balaban J connectivity index is 2.40. The van der Waals surface area contributed by atoms with Crippen molar-refractivity contribution in [3.05, 3.63) is 11.6 Å². The molecule has 0 saturated carbocycles. The van der Waals surface area contributed by atoms with Crippen LogP contribution in [0.4, 0.5) is 0 Å². The standard InChI is InChI=1S/C11H18O3/c1-11(2,3)7-14-10(13)8-4-5-9(12)6-8/h6,9,12H,4-5,7H2,1-3H3. The summed E-state index contributed by atoms with van der Waals surface area (Å²) in [5.41, 5.74) is 0.606. The molecule has 1 unspecified atom stereocenters. The lowest BCUT2D eigenvalue weighted by Gasteiger charge is -2.17. The lowest BCUT2D eigenvalue weighted by Crippen LogP contribution is -2.18. The molecule has 0 saturated heterocycles. The zero-order valence-corrected chi connectivity index (χ0v) is 9.04. The molecule has 80 valence electrons. The van der Waals surface area contributed by atoms with Gasteiger partial charge in [-0.2, -0.15) is 0 Å². The zero-order valence-electron chi connectivity index (χ0n) is 9.04. The molecule has 0 amide bonds. The number of aliphatic hydroxyl groups is 1. The molecule has 0 bridgehead atoms. The van der Waals surface area contributed by atoms with Crippen molar-refractivity contribution in [3.8, 4) is 0 Å². The third-order valence-corrected chi connectivity index (χ3v) is 2.00. The van der Waals surface area contributed by atoms with Crippen LogP contribution < -0.4 is 0 Å². The summed E-state index contributed by atoms with van der Waals surface area (Å²) in [5, 5.41) is 9.19. The summed E-state index contributed by atoms with van der Waals surface area (Å²) in [6.07, 6.45) is 2.39. The van der Waals surface area contributed by atoms with Gasteiger partial charge < -0.3 is 9.84 Å². The van der Waals surface area contributed by atoms with E-state index in [0.29, 0.717) is 25.0 Å². The molecule has 1 aliphatic rings. The summed E-state index contributed by atoms with van der Waals surface area (Å²) in [4.78, 5) is 11.4. The SMILES string of the molecule is CC(C)(C)COC(=O)C1=CC(O)CC1. The van der Waals surface area contributed by atoms with E-state index >= 15 is 0 Å². The first-order valence-electron chi connectivity index (χ1n) is 4.94. The van der Waals surface area contributed by atoms with Crippen LogP contribution in [0.15, 0.2) is 11.6 Å². The van der Waals surface area contributed by atoms with Gasteiger partial charge in [-0.3, -0.25) is 0 Å². The largest absolute Gasteiger partial charge is 0.462 e. The number of hydrogen-bond donors (Lipinski definition) is 1. The second-order valence-electron chi connectivity index (χ2n) is 4.93. The van der Waals surface area contributed by atoms with Crippen LogP contribution in [0.5, 0.6) is 0 Å². The molecule has 1 atom stereocenters. The van der Waals surface area contributed by atoms with E-state index in [1.165, 1.54) is 0 Å².